The largest absolute Gasteiger partial charge is 0.370 e. The van der Waals surface area contributed by atoms with E-state index in [1.807, 2.05) is 0 Å². The van der Waals surface area contributed by atoms with E-state index in [0.717, 1.165) is 11.8 Å². The summed E-state index contributed by atoms with van der Waals surface area (Å²) in [7, 11) is 0. The number of urea groups is 1. The van der Waals surface area contributed by atoms with Crippen molar-refractivity contribution in [3.63, 3.8) is 0 Å². The monoisotopic (exact) mass is 258 g/mol. The number of aliphatic imine (C=N–C) groups is 1. The fraction of sp³-hybridized carbons (Fsp3) is 0.250. The number of nitrogens with zero attached hydrogens (tertiary/aromatic N) is 1. The first-order valence-electron chi connectivity index (χ1n) is 4.45. The van der Waals surface area contributed by atoms with Crippen LogP contribution in [0.2, 0.25) is 0 Å². The molecule has 0 unspecified atom stereocenters. The number of carbonyl (C=O) groups is 2. The molecule has 17 heavy (non-hydrogen) atoms. The first-order chi connectivity index (χ1) is 7.95. The Morgan fingerprint density at radius 3 is 2.65 bits per heavy atom. The predicted octanol–water partition coefficient (Wildman–Crippen LogP) is -1.06. The summed E-state index contributed by atoms with van der Waals surface area (Å²) in [6, 6.07) is -0.621. The van der Waals surface area contributed by atoms with Crippen LogP contribution in [-0.4, -0.2) is 35.4 Å². The highest BCUT2D eigenvalue weighted by Crippen LogP contribution is 2.02. The number of amidine groups is 1. The molecule has 7 N–H and O–H groups in total. The van der Waals surface area contributed by atoms with E-state index in [1.54, 1.807) is 0 Å². The Kier molecular flexibility index (Phi) is 7.19. The summed E-state index contributed by atoms with van der Waals surface area (Å²) < 4.78 is 0. The van der Waals surface area contributed by atoms with Crippen LogP contribution in [0.4, 0.5) is 4.79 Å². The van der Waals surface area contributed by atoms with Crippen LogP contribution in [0.1, 0.15) is 0 Å². The molecule has 0 aliphatic rings. The molecule has 0 spiro atoms. The number of nitrogens with one attached hydrogen (secondary N) is 3. The van der Waals surface area contributed by atoms with Crippen molar-refractivity contribution in [1.29, 1.82) is 5.41 Å². The highest BCUT2D eigenvalue weighted by molar-refractivity contribution is 8.14. The van der Waals surface area contributed by atoms with Gasteiger partial charge in [-0.3, -0.25) is 15.5 Å². The van der Waals surface area contributed by atoms with Crippen molar-refractivity contribution in [2.24, 2.45) is 16.5 Å². The topological polar surface area (TPSA) is 146 Å². The van der Waals surface area contributed by atoms with E-state index in [4.69, 9.17) is 16.9 Å². The van der Waals surface area contributed by atoms with E-state index in [2.05, 4.69) is 22.2 Å². The Morgan fingerprint density at radius 1 is 1.47 bits per heavy atom. The maximum atomic E-state index is 11.2. The van der Waals surface area contributed by atoms with Crippen molar-refractivity contribution in [1.82, 2.24) is 10.6 Å². The molecular weight excluding hydrogens is 244 g/mol. The van der Waals surface area contributed by atoms with Crippen molar-refractivity contribution in [2.75, 3.05) is 12.3 Å². The van der Waals surface area contributed by atoms with Crippen LogP contribution >= 0.6 is 11.8 Å². The SMILES string of the molecule is C=CCNC(=O)NC(=O)CSC(=N)N=C(N)N. The number of thioether (sulfide) groups is 1. The molecule has 0 aliphatic carbocycles. The maximum absolute atomic E-state index is 11.2. The Balaban J connectivity index is 3.87. The van der Waals surface area contributed by atoms with Gasteiger partial charge >= 0.3 is 6.03 Å². The molecule has 0 aliphatic heterocycles. The van der Waals surface area contributed by atoms with Gasteiger partial charge in [0.2, 0.25) is 5.91 Å². The van der Waals surface area contributed by atoms with Gasteiger partial charge in [-0.1, -0.05) is 17.8 Å². The molecule has 0 aromatic carbocycles. The summed E-state index contributed by atoms with van der Waals surface area (Å²) in [5, 5.41) is 11.4. The molecule has 94 valence electrons. The molecule has 0 fully saturated rings. The predicted molar refractivity (Wildman–Crippen MR) is 67.7 cm³/mol. The van der Waals surface area contributed by atoms with Gasteiger partial charge in [-0.05, 0) is 0 Å². The zero-order chi connectivity index (χ0) is 13.3. The molecule has 0 heterocycles. The number of carbonyl (C=O) groups excluding carboxylic acids is 2. The van der Waals surface area contributed by atoms with Crippen LogP contribution < -0.4 is 22.1 Å². The highest BCUT2D eigenvalue weighted by Gasteiger charge is 2.08. The molecule has 3 amide bonds. The summed E-state index contributed by atoms with van der Waals surface area (Å²) in [4.78, 5) is 25.6. The second-order valence-electron chi connectivity index (χ2n) is 2.68. The van der Waals surface area contributed by atoms with Crippen LogP contribution in [0.5, 0.6) is 0 Å². The first-order valence-corrected chi connectivity index (χ1v) is 5.43. The van der Waals surface area contributed by atoms with Gasteiger partial charge in [-0.2, -0.15) is 4.99 Å². The van der Waals surface area contributed by atoms with Crippen molar-refractivity contribution >= 4 is 34.8 Å². The van der Waals surface area contributed by atoms with Crippen LogP contribution in [-0.2, 0) is 4.79 Å². The average molecular weight is 258 g/mol. The highest BCUT2D eigenvalue weighted by atomic mass is 32.2. The van der Waals surface area contributed by atoms with Crippen LogP contribution in [0.25, 0.3) is 0 Å². The van der Waals surface area contributed by atoms with Gasteiger partial charge in [0.15, 0.2) is 11.1 Å². The van der Waals surface area contributed by atoms with Gasteiger partial charge in [-0.25, -0.2) is 4.79 Å². The summed E-state index contributed by atoms with van der Waals surface area (Å²) in [5.74, 6) is -0.935. The minimum Gasteiger partial charge on any atom is -0.370 e. The molecule has 0 saturated heterocycles. The third-order valence-electron chi connectivity index (χ3n) is 1.23. The second kappa shape index (κ2) is 8.16. The van der Waals surface area contributed by atoms with E-state index in [0.29, 0.717) is 0 Å². The lowest BCUT2D eigenvalue weighted by atomic mass is 10.6. The number of amides is 3. The molecule has 0 bridgehead atoms. The van der Waals surface area contributed by atoms with Crippen molar-refractivity contribution in [2.45, 2.75) is 0 Å². The lowest BCUT2D eigenvalue weighted by molar-refractivity contribution is -0.117. The van der Waals surface area contributed by atoms with Crippen molar-refractivity contribution < 1.29 is 9.59 Å². The Bertz CT molecular complexity index is 350. The van der Waals surface area contributed by atoms with Crippen LogP contribution in [0.3, 0.4) is 0 Å². The summed E-state index contributed by atoms with van der Waals surface area (Å²) >= 11 is 0.802. The number of rotatable bonds is 4. The molecule has 8 nitrogen and oxygen atoms in total. The molecule has 0 rings (SSSR count). The zero-order valence-corrected chi connectivity index (χ0v) is 9.84. The number of nitrogens with two attached hydrogens (primary N) is 2. The van der Waals surface area contributed by atoms with Crippen LogP contribution in [0.15, 0.2) is 17.6 Å². The smallest absolute Gasteiger partial charge is 0.321 e. The average Bonchev–Trinajstić information content (AvgIpc) is 2.22. The van der Waals surface area contributed by atoms with E-state index in [9.17, 15) is 9.59 Å². The quantitative estimate of drug-likeness (QED) is 0.248. The van der Waals surface area contributed by atoms with Gasteiger partial charge in [0.1, 0.15) is 0 Å². The van der Waals surface area contributed by atoms with Crippen molar-refractivity contribution in [3.8, 4) is 0 Å². The molecule has 0 aromatic heterocycles. The van der Waals surface area contributed by atoms with Crippen LogP contribution in [0, 0.1) is 5.41 Å². The Hall–Kier alpha value is -2.03. The van der Waals surface area contributed by atoms with E-state index in [-0.39, 0.29) is 23.4 Å². The molecular formula is C8H14N6O2S. The molecule has 0 aromatic rings. The first kappa shape index (κ1) is 15.0. The van der Waals surface area contributed by atoms with Crippen molar-refractivity contribution in [3.05, 3.63) is 12.7 Å². The molecule has 0 saturated carbocycles. The minimum atomic E-state index is -0.621. The summed E-state index contributed by atoms with van der Waals surface area (Å²) in [5.41, 5.74) is 10.1. The third kappa shape index (κ3) is 8.93. The number of hydrogen-bond acceptors (Lipinski definition) is 4. The fourth-order valence-electron chi connectivity index (χ4n) is 0.655. The number of hydrogen-bond donors (Lipinski definition) is 5. The maximum Gasteiger partial charge on any atom is 0.321 e. The normalized spacial score (nSPS) is 8.94. The summed E-state index contributed by atoms with van der Waals surface area (Å²) in [6.45, 7) is 3.66. The van der Waals surface area contributed by atoms with Gasteiger partial charge in [0, 0.05) is 6.54 Å². The number of guanidine groups is 1. The van der Waals surface area contributed by atoms with E-state index < -0.39 is 11.9 Å². The fourth-order valence-corrected chi connectivity index (χ4v) is 1.17. The Labute approximate surface area is 102 Å². The van der Waals surface area contributed by atoms with Gasteiger partial charge in [0.05, 0.1) is 5.75 Å². The third-order valence-corrected chi connectivity index (χ3v) is 2.00. The standard InChI is InChI=1S/C8H14N6O2S/c1-2-3-12-8(16)13-5(15)4-17-7(11)14-6(9)10/h2H,1,3-4H2,(H5,9,10,11,14)(H2,12,13,15,16). The molecule has 9 heteroatoms. The molecule has 0 atom stereocenters. The number of imide groups is 1. The summed E-state index contributed by atoms with van der Waals surface area (Å²) in [6.07, 6.45) is 1.48. The second-order valence-corrected chi connectivity index (χ2v) is 3.64. The lowest BCUT2D eigenvalue weighted by Crippen LogP contribution is -2.40. The van der Waals surface area contributed by atoms with E-state index in [1.165, 1.54) is 6.08 Å². The van der Waals surface area contributed by atoms with Gasteiger partial charge in [0.25, 0.3) is 0 Å². The lowest BCUT2D eigenvalue weighted by Gasteiger charge is -2.03. The minimum absolute atomic E-state index is 0.128. The Morgan fingerprint density at radius 2 is 2.12 bits per heavy atom. The van der Waals surface area contributed by atoms with Gasteiger partial charge in [-0.15, -0.1) is 6.58 Å². The molecule has 0 radical (unpaired) electrons. The zero-order valence-electron chi connectivity index (χ0n) is 9.03. The van der Waals surface area contributed by atoms with E-state index >= 15 is 0 Å². The van der Waals surface area contributed by atoms with Gasteiger partial charge < -0.3 is 16.8 Å².